The highest BCUT2D eigenvalue weighted by Crippen LogP contribution is 2.18. The lowest BCUT2D eigenvalue weighted by molar-refractivity contribution is -0.125. The van der Waals surface area contributed by atoms with Crippen LogP contribution in [0.15, 0.2) is 54.6 Å². The molecule has 0 saturated carbocycles. The van der Waals surface area contributed by atoms with Gasteiger partial charge in [0.2, 0.25) is 11.8 Å². The number of carbonyl (C=O) groups excluding carboxylic acids is 3. The fraction of sp³-hybridized carbons (Fsp3) is 0.250. The third kappa shape index (κ3) is 4.84. The standard InChI is InChI=1S/C20H21N3O4/c1-14(24)22-17-9-7-16(8-10-17)12-23-18(13-27-20(23)26)19(25)21-11-15-5-3-2-4-6-15/h2-10,18H,11-13H2,1H3,(H,21,25)(H,22,24)/t18-/m0/s1. The highest BCUT2D eigenvalue weighted by atomic mass is 16.6. The highest BCUT2D eigenvalue weighted by Gasteiger charge is 2.37. The fourth-order valence-electron chi connectivity index (χ4n) is 2.84. The molecule has 2 aromatic rings. The van der Waals surface area contributed by atoms with Crippen molar-refractivity contribution < 1.29 is 19.1 Å². The first-order valence-corrected chi connectivity index (χ1v) is 8.64. The molecule has 27 heavy (non-hydrogen) atoms. The molecule has 0 aromatic heterocycles. The molecule has 2 N–H and O–H groups in total. The molecule has 2 aromatic carbocycles. The van der Waals surface area contributed by atoms with Gasteiger partial charge in [0.05, 0.1) is 6.54 Å². The van der Waals surface area contributed by atoms with E-state index in [2.05, 4.69) is 10.6 Å². The van der Waals surface area contributed by atoms with Gasteiger partial charge in [-0.1, -0.05) is 42.5 Å². The van der Waals surface area contributed by atoms with Crippen molar-refractivity contribution >= 4 is 23.6 Å². The summed E-state index contributed by atoms with van der Waals surface area (Å²) in [5.41, 5.74) is 2.49. The third-order valence-corrected chi connectivity index (χ3v) is 4.21. The maximum atomic E-state index is 12.5. The van der Waals surface area contributed by atoms with Gasteiger partial charge in [-0.05, 0) is 23.3 Å². The number of nitrogens with one attached hydrogen (secondary N) is 2. The fourth-order valence-corrected chi connectivity index (χ4v) is 2.84. The van der Waals surface area contributed by atoms with Gasteiger partial charge in [0.1, 0.15) is 12.6 Å². The molecule has 7 nitrogen and oxygen atoms in total. The smallest absolute Gasteiger partial charge is 0.410 e. The van der Waals surface area contributed by atoms with Crippen LogP contribution in [0.4, 0.5) is 10.5 Å². The predicted octanol–water partition coefficient (Wildman–Crippen LogP) is 2.28. The normalized spacial score (nSPS) is 16.0. The molecule has 1 atom stereocenters. The Kier molecular flexibility index (Phi) is 5.71. The monoisotopic (exact) mass is 367 g/mol. The number of carbonyl (C=O) groups is 3. The van der Waals surface area contributed by atoms with Crippen LogP contribution in [-0.2, 0) is 27.4 Å². The summed E-state index contributed by atoms with van der Waals surface area (Å²) in [7, 11) is 0. The predicted molar refractivity (Wildman–Crippen MR) is 99.7 cm³/mol. The van der Waals surface area contributed by atoms with Crippen LogP contribution in [0, 0.1) is 0 Å². The zero-order chi connectivity index (χ0) is 19.2. The maximum Gasteiger partial charge on any atom is 0.410 e. The van der Waals surface area contributed by atoms with Gasteiger partial charge in [-0.3, -0.25) is 14.5 Å². The number of benzene rings is 2. The summed E-state index contributed by atoms with van der Waals surface area (Å²) in [4.78, 5) is 37.0. The Bertz CT molecular complexity index is 821. The van der Waals surface area contributed by atoms with Crippen LogP contribution in [0.5, 0.6) is 0 Å². The summed E-state index contributed by atoms with van der Waals surface area (Å²) in [5, 5.41) is 5.53. The minimum atomic E-state index is -0.670. The van der Waals surface area contributed by atoms with Crippen molar-refractivity contribution in [2.45, 2.75) is 26.1 Å². The Labute approximate surface area is 157 Å². The van der Waals surface area contributed by atoms with Crippen LogP contribution in [0.2, 0.25) is 0 Å². The number of nitrogens with zero attached hydrogens (tertiary/aromatic N) is 1. The summed E-state index contributed by atoms with van der Waals surface area (Å²) in [6.07, 6.45) is -0.513. The number of ether oxygens (including phenoxy) is 1. The number of hydrogen-bond donors (Lipinski definition) is 2. The number of rotatable bonds is 6. The molecule has 7 heteroatoms. The zero-order valence-corrected chi connectivity index (χ0v) is 15.0. The zero-order valence-electron chi connectivity index (χ0n) is 15.0. The summed E-state index contributed by atoms with van der Waals surface area (Å²) < 4.78 is 5.07. The van der Waals surface area contributed by atoms with Gasteiger partial charge in [0, 0.05) is 19.2 Å². The van der Waals surface area contributed by atoms with E-state index in [-0.39, 0.29) is 25.0 Å². The maximum absolute atomic E-state index is 12.5. The first-order valence-electron chi connectivity index (χ1n) is 8.64. The molecule has 1 saturated heterocycles. The van der Waals surface area contributed by atoms with Crippen LogP contribution in [0.25, 0.3) is 0 Å². The molecular weight excluding hydrogens is 346 g/mol. The lowest BCUT2D eigenvalue weighted by Gasteiger charge is -2.21. The molecule has 1 fully saturated rings. The molecule has 0 unspecified atom stereocenters. The van der Waals surface area contributed by atoms with E-state index in [0.29, 0.717) is 12.2 Å². The topological polar surface area (TPSA) is 87.7 Å². The molecule has 3 amide bonds. The molecule has 1 aliphatic rings. The number of anilines is 1. The Balaban J connectivity index is 1.61. The second kappa shape index (κ2) is 8.35. The van der Waals surface area contributed by atoms with E-state index >= 15 is 0 Å². The van der Waals surface area contributed by atoms with Crippen molar-refractivity contribution in [3.8, 4) is 0 Å². The van der Waals surface area contributed by atoms with Gasteiger partial charge in [-0.25, -0.2) is 4.79 Å². The molecule has 0 bridgehead atoms. The largest absolute Gasteiger partial charge is 0.447 e. The Morgan fingerprint density at radius 3 is 2.44 bits per heavy atom. The molecule has 140 valence electrons. The van der Waals surface area contributed by atoms with E-state index < -0.39 is 12.1 Å². The van der Waals surface area contributed by atoms with Gasteiger partial charge >= 0.3 is 6.09 Å². The van der Waals surface area contributed by atoms with Crippen molar-refractivity contribution in [3.05, 3.63) is 65.7 Å². The molecule has 0 aliphatic carbocycles. The van der Waals surface area contributed by atoms with E-state index in [1.807, 2.05) is 30.3 Å². The first kappa shape index (κ1) is 18.4. The van der Waals surface area contributed by atoms with Crippen LogP contribution in [-0.4, -0.2) is 35.5 Å². The Morgan fingerprint density at radius 2 is 1.78 bits per heavy atom. The molecule has 0 spiro atoms. The van der Waals surface area contributed by atoms with E-state index in [1.165, 1.54) is 11.8 Å². The number of hydrogen-bond acceptors (Lipinski definition) is 4. The summed E-state index contributed by atoms with van der Waals surface area (Å²) >= 11 is 0. The van der Waals surface area contributed by atoms with Crippen molar-refractivity contribution in [2.75, 3.05) is 11.9 Å². The average Bonchev–Trinajstić information content (AvgIpc) is 3.02. The van der Waals surface area contributed by atoms with Gasteiger partial charge in [0.15, 0.2) is 0 Å². The van der Waals surface area contributed by atoms with Crippen LogP contribution in [0.1, 0.15) is 18.1 Å². The van der Waals surface area contributed by atoms with Crippen molar-refractivity contribution in [1.29, 1.82) is 0 Å². The number of amides is 3. The van der Waals surface area contributed by atoms with E-state index in [4.69, 9.17) is 4.74 Å². The molecule has 3 rings (SSSR count). The van der Waals surface area contributed by atoms with E-state index in [9.17, 15) is 14.4 Å². The van der Waals surface area contributed by atoms with E-state index in [0.717, 1.165) is 11.1 Å². The summed E-state index contributed by atoms with van der Waals surface area (Å²) in [6, 6.07) is 16.0. The molecular formula is C20H21N3O4. The number of cyclic esters (lactones) is 1. The summed E-state index contributed by atoms with van der Waals surface area (Å²) in [6.45, 7) is 2.11. The lowest BCUT2D eigenvalue weighted by atomic mass is 10.1. The lowest BCUT2D eigenvalue weighted by Crippen LogP contribution is -2.45. The molecule has 1 aliphatic heterocycles. The Morgan fingerprint density at radius 1 is 1.07 bits per heavy atom. The van der Waals surface area contributed by atoms with Gasteiger partial charge in [-0.15, -0.1) is 0 Å². The minimum Gasteiger partial charge on any atom is -0.447 e. The van der Waals surface area contributed by atoms with Crippen LogP contribution in [0.3, 0.4) is 0 Å². The highest BCUT2D eigenvalue weighted by molar-refractivity contribution is 5.89. The van der Waals surface area contributed by atoms with Crippen molar-refractivity contribution in [2.24, 2.45) is 0 Å². The van der Waals surface area contributed by atoms with Crippen LogP contribution < -0.4 is 10.6 Å². The SMILES string of the molecule is CC(=O)Nc1ccc(CN2C(=O)OC[C@H]2C(=O)NCc2ccccc2)cc1. The van der Waals surface area contributed by atoms with E-state index in [1.54, 1.807) is 24.3 Å². The second-order valence-corrected chi connectivity index (χ2v) is 6.30. The van der Waals surface area contributed by atoms with Crippen molar-refractivity contribution in [1.82, 2.24) is 10.2 Å². The van der Waals surface area contributed by atoms with Gasteiger partial charge in [0.25, 0.3) is 0 Å². The first-order chi connectivity index (χ1) is 13.0. The van der Waals surface area contributed by atoms with Crippen molar-refractivity contribution in [3.63, 3.8) is 0 Å². The van der Waals surface area contributed by atoms with Gasteiger partial charge < -0.3 is 15.4 Å². The van der Waals surface area contributed by atoms with Gasteiger partial charge in [-0.2, -0.15) is 0 Å². The second-order valence-electron chi connectivity index (χ2n) is 6.30. The minimum absolute atomic E-state index is 0.0312. The summed E-state index contributed by atoms with van der Waals surface area (Å²) in [5.74, 6) is -0.402. The average molecular weight is 367 g/mol. The Hall–Kier alpha value is -3.35. The van der Waals surface area contributed by atoms with Crippen LogP contribution >= 0.6 is 0 Å². The quantitative estimate of drug-likeness (QED) is 0.820. The third-order valence-electron chi connectivity index (χ3n) is 4.21. The molecule has 0 radical (unpaired) electrons. The molecule has 1 heterocycles.